The van der Waals surface area contributed by atoms with Crippen molar-refractivity contribution in [3.8, 4) is 0 Å². The number of hydrogen-bond acceptors (Lipinski definition) is 1. The quantitative estimate of drug-likeness (QED) is 0.583. The maximum absolute atomic E-state index is 2.38. The lowest BCUT2D eigenvalue weighted by molar-refractivity contribution is 0.321. The van der Waals surface area contributed by atoms with Gasteiger partial charge in [-0.3, -0.25) is 0 Å². The molecule has 0 aliphatic heterocycles. The average Bonchev–Trinajstić information content (AvgIpc) is 2.49. The summed E-state index contributed by atoms with van der Waals surface area (Å²) in [5, 5.41) is 0. The van der Waals surface area contributed by atoms with Crippen molar-refractivity contribution in [1.82, 2.24) is 4.90 Å². The predicted octanol–water partition coefficient (Wildman–Crippen LogP) is 5.93. The molecule has 0 N–H and O–H groups in total. The number of hydrogen-bond donors (Lipinski definition) is 0. The van der Waals surface area contributed by atoms with E-state index in [4.69, 9.17) is 0 Å². The molecule has 1 nitrogen and oxygen atoms in total. The molecule has 0 heterocycles. The number of rotatable bonds is 6. The number of aryl methyl sites for hydroxylation is 1. The van der Waals surface area contributed by atoms with Crippen LogP contribution in [0.25, 0.3) is 0 Å². The van der Waals surface area contributed by atoms with Gasteiger partial charge in [0.1, 0.15) is 0 Å². The van der Waals surface area contributed by atoms with E-state index in [0.717, 1.165) is 0 Å². The molecule has 0 bridgehead atoms. The largest absolute Gasteiger partial charge is 0.304 e. The summed E-state index contributed by atoms with van der Waals surface area (Å²) < 4.78 is 0. The Balaban J connectivity index is 0. The molecule has 0 amide bonds. The molecule has 0 saturated carbocycles. The molecule has 0 spiro atoms. The summed E-state index contributed by atoms with van der Waals surface area (Å²) in [4.78, 5) is 2.38. The molecule has 1 aromatic rings. The van der Waals surface area contributed by atoms with E-state index in [1.807, 2.05) is 18.2 Å². The SMILES string of the molecule is CCCCCC.CCN(CC)CC.Cc1ccccc1. The van der Waals surface area contributed by atoms with Crippen LogP contribution in [-0.2, 0) is 0 Å². The van der Waals surface area contributed by atoms with Gasteiger partial charge in [-0.15, -0.1) is 0 Å². The third-order valence-electron chi connectivity index (χ3n) is 3.24. The first-order chi connectivity index (χ1) is 9.65. The highest BCUT2D eigenvalue weighted by Crippen LogP contribution is 1.95. The van der Waals surface area contributed by atoms with E-state index in [1.165, 1.54) is 50.9 Å². The second-order valence-corrected chi connectivity index (χ2v) is 4.98. The highest BCUT2D eigenvalue weighted by atomic mass is 15.1. The van der Waals surface area contributed by atoms with Crippen LogP contribution in [-0.4, -0.2) is 24.5 Å². The van der Waals surface area contributed by atoms with Crippen molar-refractivity contribution >= 4 is 0 Å². The fourth-order valence-electron chi connectivity index (χ4n) is 1.71. The Morgan fingerprint density at radius 1 is 0.700 bits per heavy atom. The van der Waals surface area contributed by atoms with Gasteiger partial charge in [0.2, 0.25) is 0 Å². The third kappa shape index (κ3) is 17.2. The van der Waals surface area contributed by atoms with Crippen molar-refractivity contribution in [3.63, 3.8) is 0 Å². The highest BCUT2D eigenvalue weighted by Gasteiger charge is 1.89. The number of unbranched alkanes of at least 4 members (excludes halogenated alkanes) is 3. The van der Waals surface area contributed by atoms with Gasteiger partial charge < -0.3 is 4.90 Å². The molecule has 0 atom stereocenters. The van der Waals surface area contributed by atoms with Crippen LogP contribution in [0.2, 0.25) is 0 Å². The molecule has 0 saturated heterocycles. The lowest BCUT2D eigenvalue weighted by Gasteiger charge is -2.13. The monoisotopic (exact) mass is 279 g/mol. The second-order valence-electron chi connectivity index (χ2n) is 4.98. The van der Waals surface area contributed by atoms with Crippen LogP contribution in [0, 0.1) is 6.92 Å². The van der Waals surface area contributed by atoms with E-state index >= 15 is 0 Å². The Morgan fingerprint density at radius 2 is 1.10 bits per heavy atom. The maximum Gasteiger partial charge on any atom is -0.00474 e. The summed E-state index contributed by atoms with van der Waals surface area (Å²) in [5.74, 6) is 0. The van der Waals surface area contributed by atoms with Crippen LogP contribution in [0.15, 0.2) is 30.3 Å². The van der Waals surface area contributed by atoms with Crippen molar-refractivity contribution in [1.29, 1.82) is 0 Å². The van der Waals surface area contributed by atoms with E-state index in [1.54, 1.807) is 0 Å². The zero-order valence-corrected chi connectivity index (χ0v) is 14.8. The predicted molar refractivity (Wildman–Crippen MR) is 94.5 cm³/mol. The molecule has 0 aliphatic rings. The van der Waals surface area contributed by atoms with Gasteiger partial charge in [-0.1, -0.05) is 96.2 Å². The summed E-state index contributed by atoms with van der Waals surface area (Å²) in [6.07, 6.45) is 5.54. The van der Waals surface area contributed by atoms with E-state index in [2.05, 4.69) is 58.6 Å². The number of nitrogens with zero attached hydrogens (tertiary/aromatic N) is 1. The molecule has 0 aliphatic carbocycles. The van der Waals surface area contributed by atoms with Gasteiger partial charge in [-0.2, -0.15) is 0 Å². The summed E-state index contributed by atoms with van der Waals surface area (Å²) in [7, 11) is 0. The smallest absolute Gasteiger partial charge is 0.00474 e. The Morgan fingerprint density at radius 3 is 1.25 bits per heavy atom. The van der Waals surface area contributed by atoms with Crippen molar-refractivity contribution < 1.29 is 0 Å². The van der Waals surface area contributed by atoms with E-state index in [9.17, 15) is 0 Å². The fourth-order valence-corrected chi connectivity index (χ4v) is 1.71. The minimum Gasteiger partial charge on any atom is -0.304 e. The van der Waals surface area contributed by atoms with Gasteiger partial charge in [-0.25, -0.2) is 0 Å². The second kappa shape index (κ2) is 18.2. The summed E-state index contributed by atoms with van der Waals surface area (Å²) in [5.41, 5.74) is 1.32. The van der Waals surface area contributed by atoms with Crippen molar-refractivity contribution in [2.24, 2.45) is 0 Å². The van der Waals surface area contributed by atoms with Crippen molar-refractivity contribution in [3.05, 3.63) is 35.9 Å². The van der Waals surface area contributed by atoms with Crippen molar-refractivity contribution in [2.75, 3.05) is 19.6 Å². The third-order valence-corrected chi connectivity index (χ3v) is 3.24. The van der Waals surface area contributed by atoms with Crippen molar-refractivity contribution in [2.45, 2.75) is 67.2 Å². The van der Waals surface area contributed by atoms with Crippen LogP contribution < -0.4 is 0 Å². The lowest BCUT2D eigenvalue weighted by atomic mass is 10.2. The molecular weight excluding hydrogens is 242 g/mol. The molecule has 1 aromatic carbocycles. The summed E-state index contributed by atoms with van der Waals surface area (Å²) in [6, 6.07) is 10.3. The molecule has 118 valence electrons. The van der Waals surface area contributed by atoms with Gasteiger partial charge in [0.25, 0.3) is 0 Å². The summed E-state index contributed by atoms with van der Waals surface area (Å²) in [6.45, 7) is 16.7. The Labute approximate surface area is 128 Å². The van der Waals surface area contributed by atoms with Gasteiger partial charge in [-0.05, 0) is 26.6 Å². The molecular formula is C19H37N. The Hall–Kier alpha value is -0.820. The van der Waals surface area contributed by atoms with Gasteiger partial charge in [0, 0.05) is 0 Å². The Kier molecular flexibility index (Phi) is 19.5. The van der Waals surface area contributed by atoms with Gasteiger partial charge in [0.15, 0.2) is 0 Å². The molecule has 0 unspecified atom stereocenters. The first-order valence-corrected chi connectivity index (χ1v) is 8.39. The van der Waals surface area contributed by atoms with Crippen LogP contribution >= 0.6 is 0 Å². The molecule has 0 radical (unpaired) electrons. The van der Waals surface area contributed by atoms with Crippen LogP contribution in [0.4, 0.5) is 0 Å². The highest BCUT2D eigenvalue weighted by molar-refractivity contribution is 5.11. The summed E-state index contributed by atoms with van der Waals surface area (Å²) >= 11 is 0. The van der Waals surface area contributed by atoms with E-state index in [0.29, 0.717) is 0 Å². The van der Waals surface area contributed by atoms with Gasteiger partial charge in [0.05, 0.1) is 0 Å². The van der Waals surface area contributed by atoms with Crippen LogP contribution in [0.3, 0.4) is 0 Å². The minimum absolute atomic E-state index is 1.19. The normalized spacial score (nSPS) is 9.35. The Bertz CT molecular complexity index is 242. The maximum atomic E-state index is 2.38. The standard InChI is InChI=1S/C7H8.C6H15N.C6H14/c1-7-5-3-2-4-6-7;1-4-7(5-2)6-3;1-3-5-6-4-2/h2-6H,1H3;4-6H2,1-3H3;3-6H2,1-2H3. The molecule has 1 rings (SSSR count). The topological polar surface area (TPSA) is 3.24 Å². The number of benzene rings is 1. The fraction of sp³-hybridized carbons (Fsp3) is 0.684. The van der Waals surface area contributed by atoms with E-state index in [-0.39, 0.29) is 0 Å². The van der Waals surface area contributed by atoms with Gasteiger partial charge >= 0.3 is 0 Å². The molecule has 20 heavy (non-hydrogen) atoms. The lowest BCUT2D eigenvalue weighted by Crippen LogP contribution is -2.21. The zero-order chi connectivity index (χ0) is 15.6. The molecule has 1 heteroatoms. The van der Waals surface area contributed by atoms with Crippen LogP contribution in [0.5, 0.6) is 0 Å². The first-order valence-electron chi connectivity index (χ1n) is 8.39. The average molecular weight is 280 g/mol. The van der Waals surface area contributed by atoms with Crippen LogP contribution in [0.1, 0.15) is 65.9 Å². The van der Waals surface area contributed by atoms with E-state index < -0.39 is 0 Å². The zero-order valence-electron chi connectivity index (χ0n) is 14.8. The molecule has 0 aromatic heterocycles. The first kappa shape index (κ1) is 21.5. The molecule has 0 fully saturated rings. The minimum atomic E-state index is 1.19.